The van der Waals surface area contributed by atoms with E-state index < -0.39 is 42.9 Å². The molecule has 39 heavy (non-hydrogen) atoms. The van der Waals surface area contributed by atoms with Crippen LogP contribution in [0.25, 0.3) is 5.65 Å². The molecule has 2 aliphatic rings. The van der Waals surface area contributed by atoms with Gasteiger partial charge < -0.3 is 15.5 Å². The Balaban J connectivity index is 1.41. The van der Waals surface area contributed by atoms with Crippen molar-refractivity contribution in [2.75, 3.05) is 13.1 Å². The maximum absolute atomic E-state index is 13.9. The third-order valence-corrected chi connectivity index (χ3v) is 7.21. The van der Waals surface area contributed by atoms with Crippen LogP contribution in [0.15, 0.2) is 30.7 Å². The van der Waals surface area contributed by atoms with Crippen molar-refractivity contribution in [2.24, 2.45) is 5.92 Å². The summed E-state index contributed by atoms with van der Waals surface area (Å²) >= 11 is 0. The summed E-state index contributed by atoms with van der Waals surface area (Å²) in [5.74, 6) is -6.47. The number of hydrogen-bond acceptors (Lipinski definition) is 5. The molecular formula is C25H30F4N8O2. The summed E-state index contributed by atoms with van der Waals surface area (Å²) < 4.78 is 58.5. The fourth-order valence-corrected chi connectivity index (χ4v) is 5.19. The molecule has 4 heterocycles. The molecule has 0 unspecified atom stereocenters. The number of hydrogen-bond donors (Lipinski definition) is 2. The number of nitrogens with one attached hydrogen (secondary N) is 2. The van der Waals surface area contributed by atoms with Crippen LogP contribution in [0.1, 0.15) is 73.4 Å². The zero-order valence-electron chi connectivity index (χ0n) is 21.6. The number of carbonyl (C=O) groups is 2. The lowest BCUT2D eigenvalue weighted by atomic mass is 9.81. The fourth-order valence-electron chi connectivity index (χ4n) is 5.19. The molecule has 0 radical (unpaired) electrons. The molecule has 210 valence electrons. The first-order valence-electron chi connectivity index (χ1n) is 12.9. The van der Waals surface area contributed by atoms with Crippen LogP contribution >= 0.6 is 0 Å². The first-order valence-corrected chi connectivity index (χ1v) is 12.9. The molecular weight excluding hydrogens is 520 g/mol. The van der Waals surface area contributed by atoms with Crippen LogP contribution in [-0.4, -0.2) is 66.2 Å². The van der Waals surface area contributed by atoms with E-state index in [4.69, 9.17) is 0 Å². The number of alkyl halides is 4. The van der Waals surface area contributed by atoms with E-state index in [0.717, 1.165) is 4.90 Å². The summed E-state index contributed by atoms with van der Waals surface area (Å²) in [6.07, 6.45) is 4.43. The highest BCUT2D eigenvalue weighted by Crippen LogP contribution is 2.41. The average Bonchev–Trinajstić information content (AvgIpc) is 3.52. The monoisotopic (exact) mass is 550 g/mol. The van der Waals surface area contributed by atoms with Gasteiger partial charge >= 0.3 is 6.03 Å². The van der Waals surface area contributed by atoms with Crippen molar-refractivity contribution in [3.63, 3.8) is 0 Å². The van der Waals surface area contributed by atoms with Gasteiger partial charge in [-0.25, -0.2) is 31.9 Å². The smallest absolute Gasteiger partial charge is 0.318 e. The van der Waals surface area contributed by atoms with Crippen molar-refractivity contribution in [3.8, 4) is 0 Å². The zero-order valence-corrected chi connectivity index (χ0v) is 21.6. The number of fused-ring (bicyclic) bond motifs is 1. The largest absolute Gasteiger partial charge is 0.342 e. The van der Waals surface area contributed by atoms with E-state index in [9.17, 15) is 27.2 Å². The molecule has 1 atom stereocenters. The Morgan fingerprint density at radius 3 is 2.64 bits per heavy atom. The summed E-state index contributed by atoms with van der Waals surface area (Å²) in [7, 11) is 0. The van der Waals surface area contributed by atoms with E-state index in [-0.39, 0.29) is 44.2 Å². The lowest BCUT2D eigenvalue weighted by Gasteiger charge is -2.33. The fraction of sp³-hybridized carbons (Fsp3) is 0.560. The zero-order chi connectivity index (χ0) is 27.9. The number of imidazole rings is 1. The second-order valence-electron chi connectivity index (χ2n) is 10.6. The number of carbonyl (C=O) groups excluding carboxylic acids is 2. The van der Waals surface area contributed by atoms with Gasteiger partial charge in [0.2, 0.25) is 5.92 Å². The minimum Gasteiger partial charge on any atom is -0.342 e. The van der Waals surface area contributed by atoms with Crippen LogP contribution in [0.2, 0.25) is 0 Å². The highest BCUT2D eigenvalue weighted by atomic mass is 19.3. The number of nitrogens with zero attached hydrogens (tertiary/aromatic N) is 6. The number of urea groups is 1. The van der Waals surface area contributed by atoms with Crippen molar-refractivity contribution in [2.45, 2.75) is 70.0 Å². The number of aromatic nitrogens is 5. The van der Waals surface area contributed by atoms with Crippen LogP contribution in [0.4, 0.5) is 22.4 Å². The first-order chi connectivity index (χ1) is 18.4. The van der Waals surface area contributed by atoms with E-state index in [2.05, 4.69) is 25.8 Å². The Labute approximate surface area is 221 Å². The van der Waals surface area contributed by atoms with Crippen molar-refractivity contribution in [3.05, 3.63) is 47.7 Å². The predicted molar refractivity (Wildman–Crippen MR) is 131 cm³/mol. The lowest BCUT2D eigenvalue weighted by molar-refractivity contribution is -0.0495. The van der Waals surface area contributed by atoms with Crippen molar-refractivity contribution < 1.29 is 27.2 Å². The van der Waals surface area contributed by atoms with Crippen molar-refractivity contribution in [1.82, 2.24) is 39.9 Å². The molecule has 3 aromatic rings. The molecule has 14 heteroatoms. The van der Waals surface area contributed by atoms with Crippen LogP contribution in [0.3, 0.4) is 0 Å². The number of halogens is 4. The van der Waals surface area contributed by atoms with Gasteiger partial charge in [0.25, 0.3) is 11.8 Å². The highest BCUT2D eigenvalue weighted by Gasteiger charge is 2.40. The van der Waals surface area contributed by atoms with E-state index in [1.54, 1.807) is 23.0 Å². The number of amides is 3. The summed E-state index contributed by atoms with van der Waals surface area (Å²) in [6, 6.07) is 1.90. The van der Waals surface area contributed by atoms with Crippen molar-refractivity contribution >= 4 is 17.6 Å². The molecule has 3 aromatic heterocycles. The Morgan fingerprint density at radius 1 is 1.18 bits per heavy atom. The van der Waals surface area contributed by atoms with Crippen molar-refractivity contribution in [1.29, 1.82) is 0 Å². The van der Waals surface area contributed by atoms with Gasteiger partial charge in [-0.2, -0.15) is 10.2 Å². The summed E-state index contributed by atoms with van der Waals surface area (Å²) in [6.45, 7) is 2.28. The third-order valence-electron chi connectivity index (χ3n) is 7.21. The normalized spacial score (nSPS) is 20.3. The molecule has 1 aliphatic carbocycles. The van der Waals surface area contributed by atoms with Gasteiger partial charge in [0.1, 0.15) is 5.69 Å². The molecule has 2 fully saturated rings. The van der Waals surface area contributed by atoms with E-state index in [0.29, 0.717) is 22.6 Å². The minimum atomic E-state index is -3.04. The van der Waals surface area contributed by atoms with Gasteiger partial charge in [-0.3, -0.25) is 9.48 Å². The first kappa shape index (κ1) is 26.9. The highest BCUT2D eigenvalue weighted by molar-refractivity contribution is 5.92. The van der Waals surface area contributed by atoms with Gasteiger partial charge in [-0.15, -0.1) is 0 Å². The second-order valence-corrected chi connectivity index (χ2v) is 10.6. The summed E-state index contributed by atoms with van der Waals surface area (Å²) in [5.41, 5.74) is 1.66. The van der Waals surface area contributed by atoms with Crippen LogP contribution in [0, 0.1) is 5.92 Å². The SMILES string of the molecule is CC(C)n1nccc1C(=O)N[C@H](c1cn2ncc(CN3CC(F)(F)CNC3=O)cc2n1)C1CCC(F)(F)CC1. The third kappa shape index (κ3) is 5.83. The minimum absolute atomic E-state index is 0.0627. The Kier molecular flexibility index (Phi) is 6.97. The van der Waals surface area contributed by atoms with Gasteiger partial charge in [0.15, 0.2) is 5.65 Å². The predicted octanol–water partition coefficient (Wildman–Crippen LogP) is 3.96. The second kappa shape index (κ2) is 10.1. The Morgan fingerprint density at radius 2 is 1.92 bits per heavy atom. The molecule has 0 spiro atoms. The standard InChI is InChI=1S/C25H30F4N8O2/c1-15(2)37-19(5-8-31-37)22(38)34-21(17-3-6-24(26,27)7-4-17)18-12-36-20(33-18)9-16(10-32-36)11-35-14-25(28,29)13-30-23(35)39/h5,8-10,12,15,17,21H,3-4,6-7,11,13-14H2,1-2H3,(H,30,39)(H,34,38)/t21-/m0/s1. The van der Waals surface area contributed by atoms with E-state index >= 15 is 0 Å². The van der Waals surface area contributed by atoms with Crippen LogP contribution in [0.5, 0.6) is 0 Å². The average molecular weight is 551 g/mol. The van der Waals surface area contributed by atoms with Crippen LogP contribution < -0.4 is 10.6 Å². The van der Waals surface area contributed by atoms with Gasteiger partial charge in [0.05, 0.1) is 37.2 Å². The topological polar surface area (TPSA) is 109 Å². The quantitative estimate of drug-likeness (QED) is 0.433. The molecule has 2 N–H and O–H groups in total. The van der Waals surface area contributed by atoms with Crippen LogP contribution in [-0.2, 0) is 6.54 Å². The summed E-state index contributed by atoms with van der Waals surface area (Å²) in [5, 5.41) is 13.7. The Bertz CT molecular complexity index is 1360. The van der Waals surface area contributed by atoms with Gasteiger partial charge in [-0.05, 0) is 50.3 Å². The van der Waals surface area contributed by atoms with E-state index in [1.165, 1.54) is 16.9 Å². The molecule has 0 aromatic carbocycles. The number of rotatable bonds is 7. The molecule has 1 saturated carbocycles. The van der Waals surface area contributed by atoms with E-state index in [1.807, 2.05) is 13.8 Å². The molecule has 5 rings (SSSR count). The molecule has 0 bridgehead atoms. The maximum atomic E-state index is 13.9. The molecule has 1 aliphatic heterocycles. The molecule has 3 amide bonds. The van der Waals surface area contributed by atoms with Gasteiger partial charge in [0, 0.05) is 31.6 Å². The van der Waals surface area contributed by atoms with Gasteiger partial charge in [-0.1, -0.05) is 0 Å². The summed E-state index contributed by atoms with van der Waals surface area (Å²) in [4.78, 5) is 31.0. The maximum Gasteiger partial charge on any atom is 0.318 e. The lowest BCUT2D eigenvalue weighted by Crippen LogP contribution is -2.56. The Hall–Kier alpha value is -3.71. The molecule has 10 nitrogen and oxygen atoms in total. The molecule has 1 saturated heterocycles.